The summed E-state index contributed by atoms with van der Waals surface area (Å²) in [6, 6.07) is 7.01. The van der Waals surface area contributed by atoms with Crippen LogP contribution in [0.1, 0.15) is 19.3 Å². The number of halogens is 1. The number of ether oxygens (including phenoxy) is 1. The fraction of sp³-hybridized carbons (Fsp3) is 0.440. The fourth-order valence-electron chi connectivity index (χ4n) is 3.92. The van der Waals surface area contributed by atoms with Crippen molar-refractivity contribution >= 4 is 21.9 Å². The molecule has 1 atom stereocenters. The van der Waals surface area contributed by atoms with Crippen molar-refractivity contribution in [3.05, 3.63) is 48.4 Å². The maximum atomic E-state index is 13.6. The second-order valence-electron chi connectivity index (χ2n) is 8.89. The molecule has 5 N–H and O–H groups in total. The first-order valence-electron chi connectivity index (χ1n) is 12.7. The summed E-state index contributed by atoms with van der Waals surface area (Å²) < 4.78 is 47.5. The molecule has 1 saturated heterocycles. The van der Waals surface area contributed by atoms with Gasteiger partial charge in [-0.1, -0.05) is 18.6 Å². The monoisotopic (exact) mass is 576 g/mol. The fourth-order valence-corrected chi connectivity index (χ4v) is 5.09. The van der Waals surface area contributed by atoms with E-state index >= 15 is 0 Å². The van der Waals surface area contributed by atoms with Crippen molar-refractivity contribution in [2.75, 3.05) is 45.9 Å². The average Bonchev–Trinajstić information content (AvgIpc) is 2.96. The van der Waals surface area contributed by atoms with Gasteiger partial charge in [-0.25, -0.2) is 17.8 Å². The molecule has 0 bridgehead atoms. The number of aromatic nitrogens is 1. The first-order valence-corrected chi connectivity index (χ1v) is 14.2. The molecule has 15 heteroatoms. The lowest BCUT2D eigenvalue weighted by molar-refractivity contribution is -0.151. The van der Waals surface area contributed by atoms with Crippen molar-refractivity contribution in [1.82, 2.24) is 25.0 Å². The highest BCUT2D eigenvalue weighted by Gasteiger charge is 2.31. The van der Waals surface area contributed by atoms with Gasteiger partial charge in [-0.3, -0.25) is 25.2 Å². The van der Waals surface area contributed by atoms with E-state index in [1.54, 1.807) is 12.3 Å². The first kappa shape index (κ1) is 31.0. The molecule has 1 aromatic carbocycles. The van der Waals surface area contributed by atoms with Gasteiger partial charge < -0.3 is 10.5 Å². The van der Waals surface area contributed by atoms with E-state index in [-0.39, 0.29) is 22.9 Å². The Morgan fingerprint density at radius 3 is 2.73 bits per heavy atom. The number of nitrogens with two attached hydrogens (primary N) is 1. The number of hydroxylamine groups is 2. The maximum absolute atomic E-state index is 13.6. The summed E-state index contributed by atoms with van der Waals surface area (Å²) in [4.78, 5) is 23.3. The quantitative estimate of drug-likeness (QED) is 0.0531. The first-order chi connectivity index (χ1) is 19.2. The van der Waals surface area contributed by atoms with E-state index in [0.29, 0.717) is 63.5 Å². The lowest BCUT2D eigenvalue weighted by Gasteiger charge is -2.26. The number of nitrogens with zero attached hydrogens (tertiary/aromatic N) is 5. The number of pyridine rings is 1. The second kappa shape index (κ2) is 15.3. The smallest absolute Gasteiger partial charge is 0.271 e. The zero-order valence-corrected chi connectivity index (χ0v) is 22.7. The van der Waals surface area contributed by atoms with Gasteiger partial charge in [0.15, 0.2) is 6.19 Å². The highest BCUT2D eigenvalue weighted by Crippen LogP contribution is 2.20. The van der Waals surface area contributed by atoms with E-state index in [1.165, 1.54) is 30.3 Å². The summed E-state index contributed by atoms with van der Waals surface area (Å²) in [7, 11) is -4.27. The number of amides is 1. The summed E-state index contributed by atoms with van der Waals surface area (Å²) in [5, 5.41) is 22.1. The molecule has 1 aliphatic rings. The Bertz CT molecular complexity index is 1300. The Labute approximate surface area is 232 Å². The summed E-state index contributed by atoms with van der Waals surface area (Å²) in [5.41, 5.74) is 6.38. The molecule has 1 aliphatic heterocycles. The van der Waals surface area contributed by atoms with Gasteiger partial charge in [-0.05, 0) is 43.7 Å². The van der Waals surface area contributed by atoms with E-state index in [0.717, 1.165) is 6.20 Å². The minimum absolute atomic E-state index is 0.0226. The molecule has 3 rings (SSSR count). The van der Waals surface area contributed by atoms with E-state index in [9.17, 15) is 22.8 Å². The van der Waals surface area contributed by atoms with Gasteiger partial charge >= 0.3 is 0 Å². The van der Waals surface area contributed by atoms with Crippen LogP contribution in [0, 0.1) is 17.3 Å². The van der Waals surface area contributed by atoms with Crippen molar-refractivity contribution in [3.63, 3.8) is 0 Å². The van der Waals surface area contributed by atoms with E-state index in [1.807, 2.05) is 0 Å². The van der Waals surface area contributed by atoms with Crippen molar-refractivity contribution in [2.24, 2.45) is 10.7 Å². The number of nitriles is 1. The van der Waals surface area contributed by atoms with Crippen LogP contribution in [0.2, 0.25) is 0 Å². The maximum Gasteiger partial charge on any atom is 0.271 e. The molecule has 2 aromatic rings. The number of morpholine rings is 1. The summed E-state index contributed by atoms with van der Waals surface area (Å²) >= 11 is 0. The van der Waals surface area contributed by atoms with Crippen LogP contribution in [0.15, 0.2) is 52.5 Å². The van der Waals surface area contributed by atoms with E-state index in [2.05, 4.69) is 24.9 Å². The molecule has 0 saturated carbocycles. The molecule has 1 amide bonds. The zero-order valence-electron chi connectivity index (χ0n) is 21.9. The predicted molar refractivity (Wildman–Crippen MR) is 144 cm³/mol. The molecule has 13 nitrogen and oxygen atoms in total. The predicted octanol–water partition coefficient (Wildman–Crippen LogP) is 0.640. The number of nitrogens with one attached hydrogen (secondary N) is 2. The molecule has 0 aliphatic carbocycles. The standard InChI is InChI=1S/C25H33FN8O5S/c26-20-5-3-4-19(16-20)22-8-7-21(17-30-22)40(37,38)32-23(6-1-2-9-27)24(35)34(36)25(31-18-28)29-10-11-33-12-14-39-15-13-33/h3-5,7-8,16-17,23,32,36H,1-2,6,9-15,27H2,(H,29,31)/t23-/m1/s1. The van der Waals surface area contributed by atoms with Gasteiger partial charge in [-0.15, -0.1) is 0 Å². The van der Waals surface area contributed by atoms with E-state index in [4.69, 9.17) is 15.7 Å². The Kier molecular flexibility index (Phi) is 11.9. The summed E-state index contributed by atoms with van der Waals surface area (Å²) in [5.74, 6) is -1.91. The van der Waals surface area contributed by atoms with Crippen LogP contribution < -0.4 is 15.8 Å². The topological polar surface area (TPSA) is 186 Å². The molecule has 0 unspecified atom stereocenters. The molecule has 2 heterocycles. The van der Waals surface area contributed by atoms with Gasteiger partial charge in [0.2, 0.25) is 16.0 Å². The SMILES string of the molecule is N#CNC(=NCCN1CCOCC1)N(O)C(=O)[C@@H](CCCCN)NS(=O)(=O)c1ccc(-c2cccc(F)c2)nc1. The number of carbonyl (C=O) groups is 1. The molecule has 1 aromatic heterocycles. The number of sulfonamides is 1. The van der Waals surface area contributed by atoms with Crippen LogP contribution in [-0.4, -0.2) is 92.4 Å². The van der Waals surface area contributed by atoms with Crippen LogP contribution in [0.4, 0.5) is 4.39 Å². The Hall–Kier alpha value is -3.52. The van der Waals surface area contributed by atoms with Crippen LogP contribution in [-0.2, 0) is 19.6 Å². The molecule has 0 spiro atoms. The number of hydrogen-bond donors (Lipinski definition) is 4. The number of rotatable bonds is 12. The normalized spacial score (nSPS) is 15.3. The van der Waals surface area contributed by atoms with E-state index < -0.39 is 33.7 Å². The highest BCUT2D eigenvalue weighted by atomic mass is 32.2. The van der Waals surface area contributed by atoms with Gasteiger partial charge in [0.05, 0.1) is 25.5 Å². The minimum Gasteiger partial charge on any atom is -0.379 e. The third-order valence-electron chi connectivity index (χ3n) is 6.07. The van der Waals surface area contributed by atoms with Crippen molar-refractivity contribution in [2.45, 2.75) is 30.2 Å². The van der Waals surface area contributed by atoms with Crippen molar-refractivity contribution < 1.29 is 27.5 Å². The van der Waals surface area contributed by atoms with Crippen LogP contribution in [0.5, 0.6) is 0 Å². The van der Waals surface area contributed by atoms with Gasteiger partial charge in [0, 0.05) is 31.4 Å². The largest absolute Gasteiger partial charge is 0.379 e. The highest BCUT2D eigenvalue weighted by molar-refractivity contribution is 7.89. The summed E-state index contributed by atoms with van der Waals surface area (Å²) in [6.07, 6.45) is 3.64. The van der Waals surface area contributed by atoms with Crippen molar-refractivity contribution in [3.8, 4) is 17.5 Å². The third-order valence-corrected chi connectivity index (χ3v) is 7.52. The third kappa shape index (κ3) is 9.01. The Balaban J connectivity index is 1.75. The Morgan fingerprint density at radius 2 is 2.08 bits per heavy atom. The average molecular weight is 577 g/mol. The molecular weight excluding hydrogens is 543 g/mol. The number of guanidine groups is 1. The summed E-state index contributed by atoms with van der Waals surface area (Å²) in [6.45, 7) is 3.60. The Morgan fingerprint density at radius 1 is 1.30 bits per heavy atom. The number of hydrogen-bond acceptors (Lipinski definition) is 10. The molecule has 1 fully saturated rings. The van der Waals surface area contributed by atoms with Gasteiger partial charge in [-0.2, -0.15) is 15.0 Å². The molecule has 216 valence electrons. The van der Waals surface area contributed by atoms with Crippen LogP contribution >= 0.6 is 0 Å². The number of aliphatic imine (C=N–C) groups is 1. The molecule has 40 heavy (non-hydrogen) atoms. The zero-order chi connectivity index (χ0) is 29.0. The molecular formula is C25H33FN8O5S. The van der Waals surface area contributed by atoms with Crippen LogP contribution in [0.3, 0.4) is 0 Å². The lowest BCUT2D eigenvalue weighted by atomic mass is 10.1. The van der Waals surface area contributed by atoms with Gasteiger partial charge in [0.1, 0.15) is 16.8 Å². The molecule has 0 radical (unpaired) electrons. The lowest BCUT2D eigenvalue weighted by Crippen LogP contribution is -2.52. The second-order valence-corrected chi connectivity index (χ2v) is 10.6. The van der Waals surface area contributed by atoms with Gasteiger partial charge in [0.25, 0.3) is 5.91 Å². The number of benzene rings is 1. The number of carbonyl (C=O) groups excluding carboxylic acids is 1. The van der Waals surface area contributed by atoms with Crippen molar-refractivity contribution in [1.29, 1.82) is 5.26 Å². The minimum atomic E-state index is -4.27. The number of unbranched alkanes of at least 4 members (excludes halogenated alkanes) is 1. The van der Waals surface area contributed by atoms with Crippen LogP contribution in [0.25, 0.3) is 11.3 Å².